The molecule has 0 heterocycles. The van der Waals surface area contributed by atoms with Crippen molar-refractivity contribution in [2.45, 2.75) is 104 Å². The van der Waals surface area contributed by atoms with E-state index in [1.807, 2.05) is 19.1 Å². The minimum absolute atomic E-state index is 0.0217. The normalized spacial score (nSPS) is 12.5. The van der Waals surface area contributed by atoms with E-state index < -0.39 is 47.5 Å². The van der Waals surface area contributed by atoms with Gasteiger partial charge in [-0.15, -0.1) is 0 Å². The molecule has 0 radical (unpaired) electrons. The van der Waals surface area contributed by atoms with Gasteiger partial charge in [0.1, 0.15) is 17.7 Å². The molecule has 0 aromatic heterocycles. The molecule has 11 heteroatoms. The fourth-order valence-corrected chi connectivity index (χ4v) is 4.11. The van der Waals surface area contributed by atoms with Gasteiger partial charge in [-0.05, 0) is 53.0 Å². The number of hydrogen-bond acceptors (Lipinski definition) is 7. The van der Waals surface area contributed by atoms with Gasteiger partial charge in [-0.25, -0.2) is 4.79 Å². The number of amides is 4. The number of esters is 1. The van der Waals surface area contributed by atoms with Gasteiger partial charge >= 0.3 is 12.1 Å². The van der Waals surface area contributed by atoms with Crippen LogP contribution in [-0.4, -0.2) is 66.0 Å². The van der Waals surface area contributed by atoms with Crippen molar-refractivity contribution in [3.8, 4) is 0 Å². The van der Waals surface area contributed by atoms with Crippen molar-refractivity contribution in [2.75, 3.05) is 19.7 Å². The number of carbonyl (C=O) groups is 5. The molecule has 1 rings (SSSR count). The van der Waals surface area contributed by atoms with Crippen molar-refractivity contribution >= 4 is 29.8 Å². The summed E-state index contributed by atoms with van der Waals surface area (Å²) in [7, 11) is 0. The van der Waals surface area contributed by atoms with Gasteiger partial charge in [-0.3, -0.25) is 19.2 Å². The molecule has 0 bridgehead atoms. The molecular weight excluding hydrogens is 528 g/mol. The van der Waals surface area contributed by atoms with Crippen molar-refractivity contribution in [1.29, 1.82) is 0 Å². The van der Waals surface area contributed by atoms with E-state index in [1.54, 1.807) is 39.8 Å². The number of nitrogens with two attached hydrogens (primary N) is 1. The predicted octanol–water partition coefficient (Wildman–Crippen LogP) is 3.67. The molecule has 0 aliphatic rings. The number of aryl methyl sites for hydroxylation is 1. The average molecular weight is 577 g/mol. The number of benzene rings is 1. The van der Waals surface area contributed by atoms with Crippen molar-refractivity contribution < 1.29 is 33.4 Å². The van der Waals surface area contributed by atoms with Gasteiger partial charge in [0, 0.05) is 19.5 Å². The first kappa shape index (κ1) is 35.4. The predicted molar refractivity (Wildman–Crippen MR) is 156 cm³/mol. The van der Waals surface area contributed by atoms with Gasteiger partial charge in [0.15, 0.2) is 0 Å². The number of alkyl carbamates (subject to hydrolysis) is 1. The second-order valence-electron chi connectivity index (χ2n) is 11.0. The molecule has 0 saturated heterocycles. The quantitative estimate of drug-likeness (QED) is 0.189. The second kappa shape index (κ2) is 17.9. The molecule has 1 aromatic rings. The maximum absolute atomic E-state index is 14.1. The Labute approximate surface area is 243 Å². The monoisotopic (exact) mass is 576 g/mol. The third-order valence-corrected chi connectivity index (χ3v) is 6.09. The van der Waals surface area contributed by atoms with Gasteiger partial charge in [0.2, 0.25) is 17.7 Å². The number of nitrogens with zero attached hydrogens (tertiary/aromatic N) is 1. The van der Waals surface area contributed by atoms with Crippen LogP contribution in [0.15, 0.2) is 24.3 Å². The Bertz CT molecular complexity index is 1010. The number of unbranched alkanes of at least 4 members (excludes halogenated alkanes) is 3. The number of hydrogen-bond donors (Lipinski definition) is 3. The van der Waals surface area contributed by atoms with E-state index in [4.69, 9.17) is 15.2 Å². The van der Waals surface area contributed by atoms with Crippen LogP contribution in [0, 0.1) is 6.92 Å². The average Bonchev–Trinajstić information content (AvgIpc) is 2.87. The summed E-state index contributed by atoms with van der Waals surface area (Å²) in [4.78, 5) is 65.3. The standard InChI is InChI=1S/C30H48N4O7/c1-7-9-10-11-20-34(28(38)23(16-17-24(31)35)33-29(39)41-30(4,5)6)26(22-14-12-21(3)13-15-22)27(37)32-19-18-25(36)40-8-2/h12-15,23,26H,7-11,16-20H2,1-6H3,(H2,31,35)(H,32,37)(H,33,39). The molecular formula is C30H48N4O7. The summed E-state index contributed by atoms with van der Waals surface area (Å²) in [5.41, 5.74) is 6.09. The molecule has 2 atom stereocenters. The smallest absolute Gasteiger partial charge is 0.408 e. The molecule has 0 fully saturated rings. The van der Waals surface area contributed by atoms with E-state index in [0.717, 1.165) is 24.8 Å². The molecule has 0 spiro atoms. The van der Waals surface area contributed by atoms with Crippen molar-refractivity contribution in [2.24, 2.45) is 5.73 Å². The van der Waals surface area contributed by atoms with Crippen LogP contribution in [0.3, 0.4) is 0 Å². The van der Waals surface area contributed by atoms with Gasteiger partial charge < -0.3 is 30.7 Å². The highest BCUT2D eigenvalue weighted by atomic mass is 16.6. The Hall–Kier alpha value is -3.63. The van der Waals surface area contributed by atoms with Crippen LogP contribution in [0.2, 0.25) is 0 Å². The lowest BCUT2D eigenvalue weighted by Gasteiger charge is -2.34. The molecule has 41 heavy (non-hydrogen) atoms. The lowest BCUT2D eigenvalue weighted by atomic mass is 9.99. The Balaban J connectivity index is 3.44. The molecule has 11 nitrogen and oxygen atoms in total. The van der Waals surface area contributed by atoms with E-state index in [-0.39, 0.29) is 39.0 Å². The minimum Gasteiger partial charge on any atom is -0.466 e. The highest BCUT2D eigenvalue weighted by Crippen LogP contribution is 2.25. The van der Waals surface area contributed by atoms with Crippen LogP contribution >= 0.6 is 0 Å². The lowest BCUT2D eigenvalue weighted by Crippen LogP contribution is -2.53. The molecule has 1 aromatic carbocycles. The molecule has 4 N–H and O–H groups in total. The Morgan fingerprint density at radius 1 is 0.976 bits per heavy atom. The van der Waals surface area contributed by atoms with Crippen molar-refractivity contribution in [3.05, 3.63) is 35.4 Å². The molecule has 0 saturated carbocycles. The lowest BCUT2D eigenvalue weighted by molar-refractivity contribution is -0.144. The maximum Gasteiger partial charge on any atom is 0.408 e. The summed E-state index contributed by atoms with van der Waals surface area (Å²) in [5.74, 6) is -2.09. The zero-order valence-electron chi connectivity index (χ0n) is 25.4. The Morgan fingerprint density at radius 3 is 2.20 bits per heavy atom. The molecule has 0 aliphatic heterocycles. The molecule has 0 aliphatic carbocycles. The zero-order valence-corrected chi connectivity index (χ0v) is 25.4. The van der Waals surface area contributed by atoms with Gasteiger partial charge in [0.25, 0.3) is 0 Å². The molecule has 230 valence electrons. The van der Waals surface area contributed by atoms with Crippen LogP contribution < -0.4 is 16.4 Å². The third-order valence-electron chi connectivity index (χ3n) is 6.09. The number of nitrogens with one attached hydrogen (secondary N) is 2. The summed E-state index contributed by atoms with van der Waals surface area (Å²) in [5, 5.41) is 5.35. The number of primary amides is 1. The maximum atomic E-state index is 14.1. The summed E-state index contributed by atoms with van der Waals surface area (Å²) in [6.45, 7) is 11.3. The fraction of sp³-hybridized carbons (Fsp3) is 0.633. The molecule has 4 amide bonds. The van der Waals surface area contributed by atoms with Gasteiger partial charge in [-0.2, -0.15) is 0 Å². The summed E-state index contributed by atoms with van der Waals surface area (Å²) < 4.78 is 10.3. The van der Waals surface area contributed by atoms with E-state index >= 15 is 0 Å². The van der Waals surface area contributed by atoms with Gasteiger partial charge in [-0.1, -0.05) is 56.0 Å². The first-order valence-corrected chi connectivity index (χ1v) is 14.4. The SMILES string of the molecule is CCCCCCN(C(=O)C(CCC(N)=O)NC(=O)OC(C)(C)C)C(C(=O)NCCC(=O)OCC)c1ccc(C)cc1. The van der Waals surface area contributed by atoms with Crippen LogP contribution in [0.25, 0.3) is 0 Å². The third kappa shape index (κ3) is 14.0. The summed E-state index contributed by atoms with van der Waals surface area (Å²) in [6.07, 6.45) is 2.31. The van der Waals surface area contributed by atoms with Crippen LogP contribution in [0.5, 0.6) is 0 Å². The van der Waals surface area contributed by atoms with Crippen LogP contribution in [0.4, 0.5) is 4.79 Å². The number of carbonyl (C=O) groups excluding carboxylic acids is 5. The zero-order chi connectivity index (χ0) is 31.0. The van der Waals surface area contributed by atoms with Crippen LogP contribution in [0.1, 0.15) is 96.7 Å². The highest BCUT2D eigenvalue weighted by molar-refractivity contribution is 5.92. The van der Waals surface area contributed by atoms with Crippen molar-refractivity contribution in [1.82, 2.24) is 15.5 Å². The largest absolute Gasteiger partial charge is 0.466 e. The Morgan fingerprint density at radius 2 is 1.63 bits per heavy atom. The second-order valence-corrected chi connectivity index (χ2v) is 11.0. The highest BCUT2D eigenvalue weighted by Gasteiger charge is 2.36. The number of ether oxygens (including phenoxy) is 2. The van der Waals surface area contributed by atoms with Gasteiger partial charge in [0.05, 0.1) is 13.0 Å². The van der Waals surface area contributed by atoms with E-state index in [0.29, 0.717) is 12.0 Å². The van der Waals surface area contributed by atoms with E-state index in [1.165, 1.54) is 4.90 Å². The number of rotatable bonds is 17. The minimum atomic E-state index is -1.16. The van der Waals surface area contributed by atoms with E-state index in [2.05, 4.69) is 17.6 Å². The summed E-state index contributed by atoms with van der Waals surface area (Å²) in [6, 6.07) is 5.02. The first-order valence-electron chi connectivity index (χ1n) is 14.4. The topological polar surface area (TPSA) is 157 Å². The fourth-order valence-electron chi connectivity index (χ4n) is 4.11. The first-order chi connectivity index (χ1) is 19.3. The summed E-state index contributed by atoms with van der Waals surface area (Å²) >= 11 is 0. The Kier molecular flexibility index (Phi) is 15.5. The van der Waals surface area contributed by atoms with E-state index in [9.17, 15) is 24.0 Å². The van der Waals surface area contributed by atoms with Crippen molar-refractivity contribution in [3.63, 3.8) is 0 Å². The van der Waals surface area contributed by atoms with Crippen LogP contribution in [-0.2, 0) is 28.7 Å². The molecule has 2 unspecified atom stereocenters.